The van der Waals surface area contributed by atoms with Gasteiger partial charge in [-0.25, -0.2) is 0 Å². The number of benzene rings is 2. The Morgan fingerprint density at radius 3 is 2.04 bits per heavy atom. The highest BCUT2D eigenvalue weighted by Crippen LogP contribution is 2.35. The van der Waals surface area contributed by atoms with Crippen LogP contribution in [0.3, 0.4) is 0 Å². The molecule has 0 bridgehead atoms. The van der Waals surface area contributed by atoms with Gasteiger partial charge in [-0.1, -0.05) is 21.6 Å². The Hall–Kier alpha value is -1.06. The highest BCUT2D eigenvalue weighted by atomic mass is 127. The summed E-state index contributed by atoms with van der Waals surface area (Å²) >= 11 is 2.25. The number of azo groups is 1. The SMILES string of the molecule is O=C(Oc1ccc(N=Nc2ccc(I)cc2)cc1)C1CSSC1. The van der Waals surface area contributed by atoms with E-state index in [2.05, 4.69) is 32.8 Å². The standard InChI is InChI=1S/C16H13IN2O2S2/c17-12-1-3-13(4-2-12)18-19-14-5-7-15(8-6-14)21-16(20)11-9-22-23-10-11/h1-8,11H,9-10H2. The largest absolute Gasteiger partial charge is 0.426 e. The second-order valence-corrected chi connectivity index (χ2v) is 8.66. The van der Waals surface area contributed by atoms with E-state index in [1.807, 2.05) is 24.3 Å². The fourth-order valence-corrected chi connectivity index (χ4v) is 4.95. The number of halogens is 1. The van der Waals surface area contributed by atoms with Crippen LogP contribution in [0.2, 0.25) is 0 Å². The maximum Gasteiger partial charge on any atom is 0.316 e. The molecule has 0 amide bonds. The Labute approximate surface area is 156 Å². The number of rotatable bonds is 4. The third kappa shape index (κ3) is 4.95. The summed E-state index contributed by atoms with van der Waals surface area (Å²) in [5.74, 6) is 2.03. The molecule has 3 rings (SSSR count). The first-order chi connectivity index (χ1) is 11.2. The van der Waals surface area contributed by atoms with E-state index in [1.165, 1.54) is 0 Å². The molecule has 4 nitrogen and oxygen atoms in total. The van der Waals surface area contributed by atoms with E-state index < -0.39 is 0 Å². The molecule has 2 aromatic carbocycles. The van der Waals surface area contributed by atoms with Gasteiger partial charge in [0.05, 0.1) is 17.3 Å². The van der Waals surface area contributed by atoms with E-state index in [-0.39, 0.29) is 11.9 Å². The smallest absolute Gasteiger partial charge is 0.316 e. The van der Waals surface area contributed by atoms with Crippen LogP contribution in [-0.4, -0.2) is 17.5 Å². The van der Waals surface area contributed by atoms with E-state index in [1.54, 1.807) is 45.9 Å². The average molecular weight is 456 g/mol. The van der Waals surface area contributed by atoms with E-state index in [9.17, 15) is 4.79 Å². The predicted molar refractivity (Wildman–Crippen MR) is 104 cm³/mol. The molecule has 0 saturated carbocycles. The number of hydrogen-bond acceptors (Lipinski definition) is 6. The van der Waals surface area contributed by atoms with Crippen molar-refractivity contribution in [1.29, 1.82) is 0 Å². The molecule has 2 aromatic rings. The minimum atomic E-state index is -0.157. The number of esters is 1. The lowest BCUT2D eigenvalue weighted by Crippen LogP contribution is -2.21. The highest BCUT2D eigenvalue weighted by Gasteiger charge is 2.25. The maximum absolute atomic E-state index is 11.9. The van der Waals surface area contributed by atoms with Crippen LogP contribution < -0.4 is 4.74 Å². The van der Waals surface area contributed by atoms with Crippen LogP contribution >= 0.6 is 44.2 Å². The molecule has 0 unspecified atom stereocenters. The van der Waals surface area contributed by atoms with Gasteiger partial charge in [0.2, 0.25) is 0 Å². The highest BCUT2D eigenvalue weighted by molar-refractivity contribution is 14.1. The third-order valence-electron chi connectivity index (χ3n) is 3.12. The number of ether oxygens (including phenoxy) is 1. The topological polar surface area (TPSA) is 51.0 Å². The summed E-state index contributed by atoms with van der Waals surface area (Å²) in [6.45, 7) is 0. The number of carbonyl (C=O) groups is 1. The van der Waals surface area contributed by atoms with Crippen molar-refractivity contribution in [1.82, 2.24) is 0 Å². The van der Waals surface area contributed by atoms with Gasteiger partial charge < -0.3 is 4.74 Å². The van der Waals surface area contributed by atoms with Gasteiger partial charge in [-0.3, -0.25) is 4.79 Å². The zero-order valence-electron chi connectivity index (χ0n) is 12.0. The first kappa shape index (κ1) is 16.8. The van der Waals surface area contributed by atoms with Gasteiger partial charge in [-0.15, -0.1) is 0 Å². The summed E-state index contributed by atoms with van der Waals surface area (Å²) in [6, 6.07) is 14.9. The molecule has 1 fully saturated rings. The van der Waals surface area contributed by atoms with Crippen LogP contribution in [0.4, 0.5) is 11.4 Å². The van der Waals surface area contributed by atoms with Crippen LogP contribution in [0.1, 0.15) is 0 Å². The molecule has 0 atom stereocenters. The zero-order chi connectivity index (χ0) is 16.1. The molecular formula is C16H13IN2O2S2. The van der Waals surface area contributed by atoms with E-state index in [0.29, 0.717) is 5.75 Å². The lowest BCUT2D eigenvalue weighted by atomic mass is 10.2. The summed E-state index contributed by atoms with van der Waals surface area (Å²) in [5, 5.41) is 8.36. The Kier molecular flexibility index (Phi) is 5.96. The quantitative estimate of drug-likeness (QED) is 0.197. The monoisotopic (exact) mass is 456 g/mol. The number of nitrogens with zero attached hydrogens (tertiary/aromatic N) is 2. The average Bonchev–Trinajstić information content (AvgIpc) is 3.10. The molecule has 0 aliphatic carbocycles. The first-order valence-corrected chi connectivity index (χ1v) is 10.5. The molecule has 1 saturated heterocycles. The Bertz CT molecular complexity index is 699. The van der Waals surface area contributed by atoms with Gasteiger partial charge >= 0.3 is 5.97 Å². The van der Waals surface area contributed by atoms with Gasteiger partial charge in [0.15, 0.2) is 0 Å². The van der Waals surface area contributed by atoms with Crippen LogP contribution in [0.15, 0.2) is 58.8 Å². The van der Waals surface area contributed by atoms with Gasteiger partial charge in [0.25, 0.3) is 0 Å². The van der Waals surface area contributed by atoms with Crippen LogP contribution in [0, 0.1) is 9.49 Å². The van der Waals surface area contributed by atoms with Crippen LogP contribution in [0.5, 0.6) is 5.75 Å². The minimum Gasteiger partial charge on any atom is -0.426 e. The number of hydrogen-bond donors (Lipinski definition) is 0. The molecule has 118 valence electrons. The van der Waals surface area contributed by atoms with Crippen molar-refractivity contribution in [2.24, 2.45) is 16.1 Å². The Balaban J connectivity index is 1.60. The lowest BCUT2D eigenvalue weighted by molar-refractivity contribution is -0.137. The van der Waals surface area contributed by atoms with E-state index >= 15 is 0 Å². The second-order valence-electron chi connectivity index (χ2n) is 4.86. The normalized spacial score (nSPS) is 15.2. The van der Waals surface area contributed by atoms with Crippen molar-refractivity contribution >= 4 is 61.5 Å². The Morgan fingerprint density at radius 1 is 0.957 bits per heavy atom. The molecule has 0 aromatic heterocycles. The molecule has 0 spiro atoms. The fraction of sp³-hybridized carbons (Fsp3) is 0.188. The third-order valence-corrected chi connectivity index (χ3v) is 6.40. The van der Waals surface area contributed by atoms with E-state index in [0.717, 1.165) is 26.5 Å². The summed E-state index contributed by atoms with van der Waals surface area (Å²) in [6.07, 6.45) is 0. The summed E-state index contributed by atoms with van der Waals surface area (Å²) in [5.41, 5.74) is 1.52. The van der Waals surface area contributed by atoms with Gasteiger partial charge in [0.1, 0.15) is 5.75 Å². The summed E-state index contributed by atoms with van der Waals surface area (Å²) < 4.78 is 6.55. The van der Waals surface area contributed by atoms with Crippen molar-refractivity contribution in [3.05, 3.63) is 52.1 Å². The maximum atomic E-state index is 11.9. The minimum absolute atomic E-state index is 0.00904. The summed E-state index contributed by atoms with van der Waals surface area (Å²) in [4.78, 5) is 11.9. The molecular weight excluding hydrogens is 443 g/mol. The molecule has 23 heavy (non-hydrogen) atoms. The molecule has 1 heterocycles. The lowest BCUT2D eigenvalue weighted by Gasteiger charge is -2.07. The molecule has 1 aliphatic rings. The van der Waals surface area contributed by atoms with Crippen molar-refractivity contribution in [3.63, 3.8) is 0 Å². The number of carbonyl (C=O) groups excluding carboxylic acids is 1. The first-order valence-electron chi connectivity index (χ1n) is 6.94. The molecule has 7 heteroatoms. The van der Waals surface area contributed by atoms with Crippen molar-refractivity contribution < 1.29 is 9.53 Å². The van der Waals surface area contributed by atoms with Crippen molar-refractivity contribution in [3.8, 4) is 5.75 Å². The molecule has 1 aliphatic heterocycles. The zero-order valence-corrected chi connectivity index (χ0v) is 15.8. The van der Waals surface area contributed by atoms with Gasteiger partial charge in [-0.2, -0.15) is 10.2 Å². The Morgan fingerprint density at radius 2 is 1.48 bits per heavy atom. The fourth-order valence-electron chi connectivity index (χ4n) is 1.85. The molecule has 0 radical (unpaired) electrons. The van der Waals surface area contributed by atoms with Crippen LogP contribution in [-0.2, 0) is 4.79 Å². The van der Waals surface area contributed by atoms with Crippen LogP contribution in [0.25, 0.3) is 0 Å². The van der Waals surface area contributed by atoms with Gasteiger partial charge in [-0.05, 0) is 71.1 Å². The second kappa shape index (κ2) is 8.16. The van der Waals surface area contributed by atoms with Crippen molar-refractivity contribution in [2.75, 3.05) is 11.5 Å². The summed E-state index contributed by atoms with van der Waals surface area (Å²) in [7, 11) is 3.43. The predicted octanol–water partition coefficient (Wildman–Crippen LogP) is 5.62. The van der Waals surface area contributed by atoms with Gasteiger partial charge in [0, 0.05) is 15.1 Å². The molecule has 0 N–H and O–H groups in total. The van der Waals surface area contributed by atoms with Crippen molar-refractivity contribution in [2.45, 2.75) is 0 Å². The van der Waals surface area contributed by atoms with E-state index in [4.69, 9.17) is 4.74 Å².